The van der Waals surface area contributed by atoms with Crippen LogP contribution in [0, 0.1) is 0 Å². The van der Waals surface area contributed by atoms with Crippen LogP contribution in [-0.2, 0) is 0 Å². The summed E-state index contributed by atoms with van der Waals surface area (Å²) in [6.07, 6.45) is 7.35. The van der Waals surface area contributed by atoms with E-state index in [1.165, 1.54) is 11.1 Å². The Bertz CT molecular complexity index is 480. The minimum Gasteiger partial charge on any atom is -0.244 e. The van der Waals surface area contributed by atoms with Crippen molar-refractivity contribution in [2.75, 3.05) is 0 Å². The van der Waals surface area contributed by atoms with Gasteiger partial charge in [-0.3, -0.25) is 0 Å². The zero-order valence-electron chi connectivity index (χ0n) is 9.51. The maximum absolute atomic E-state index is 4.01. The van der Waals surface area contributed by atoms with Crippen molar-refractivity contribution in [1.82, 2.24) is 9.97 Å². The Labute approximate surface area is 95.7 Å². The lowest BCUT2D eigenvalue weighted by Gasteiger charge is -2.01. The molecule has 0 aliphatic rings. The molecule has 0 fully saturated rings. The summed E-state index contributed by atoms with van der Waals surface area (Å²) < 4.78 is 0. The van der Waals surface area contributed by atoms with E-state index in [1.807, 2.05) is 12.4 Å². The summed E-state index contributed by atoms with van der Waals surface area (Å²) in [5.41, 5.74) is 4.72. The van der Waals surface area contributed by atoms with Crippen LogP contribution in [0.2, 0.25) is 0 Å². The molecule has 0 radical (unpaired) electrons. The summed E-state index contributed by atoms with van der Waals surface area (Å²) in [6, 6.07) is 8.39. The molecular weight excluding hydrogens is 196 g/mol. The van der Waals surface area contributed by atoms with Gasteiger partial charge in [-0.2, -0.15) is 0 Å². The molecule has 2 nitrogen and oxygen atoms in total. The average molecular weight is 210 g/mol. The van der Waals surface area contributed by atoms with Gasteiger partial charge in [0.05, 0.1) is 0 Å². The average Bonchev–Trinajstić information content (AvgIpc) is 2.30. The minimum absolute atomic E-state index is 1.05. The van der Waals surface area contributed by atoms with E-state index in [1.54, 1.807) is 6.33 Å². The third-order valence-electron chi connectivity index (χ3n) is 2.26. The molecule has 0 bridgehead atoms. The molecule has 0 atom stereocenters. The van der Waals surface area contributed by atoms with Gasteiger partial charge in [0.1, 0.15) is 6.33 Å². The molecule has 2 rings (SSSR count). The van der Waals surface area contributed by atoms with Gasteiger partial charge in [-0.15, -0.1) is 0 Å². The molecule has 16 heavy (non-hydrogen) atoms. The molecule has 2 aromatic rings. The van der Waals surface area contributed by atoms with Gasteiger partial charge in [0.25, 0.3) is 0 Å². The van der Waals surface area contributed by atoms with Crippen LogP contribution in [0.4, 0.5) is 0 Å². The molecule has 0 aliphatic heterocycles. The van der Waals surface area contributed by atoms with E-state index in [0.29, 0.717) is 0 Å². The van der Waals surface area contributed by atoms with Gasteiger partial charge < -0.3 is 0 Å². The monoisotopic (exact) mass is 210 g/mol. The quantitative estimate of drug-likeness (QED) is 0.757. The molecule has 0 aliphatic carbocycles. The van der Waals surface area contributed by atoms with Gasteiger partial charge in [-0.25, -0.2) is 9.97 Å². The van der Waals surface area contributed by atoms with Gasteiger partial charge in [0.15, 0.2) is 0 Å². The van der Waals surface area contributed by atoms with Crippen molar-refractivity contribution in [2.24, 2.45) is 0 Å². The summed E-state index contributed by atoms with van der Waals surface area (Å²) >= 11 is 0. The van der Waals surface area contributed by atoms with Crippen LogP contribution in [0.15, 0.2) is 48.6 Å². The summed E-state index contributed by atoms with van der Waals surface area (Å²) in [5.74, 6) is 0. The van der Waals surface area contributed by atoms with E-state index in [2.05, 4.69) is 54.2 Å². The lowest BCUT2D eigenvalue weighted by molar-refractivity contribution is 1.17. The minimum atomic E-state index is 1.05. The summed E-state index contributed by atoms with van der Waals surface area (Å²) in [5, 5.41) is 0. The molecule has 80 valence electrons. The lowest BCUT2D eigenvalue weighted by Crippen LogP contribution is -1.82. The number of benzene rings is 1. The Hall–Kier alpha value is -1.96. The van der Waals surface area contributed by atoms with Crippen LogP contribution in [-0.4, -0.2) is 9.97 Å². The van der Waals surface area contributed by atoms with Crippen LogP contribution >= 0.6 is 0 Å². The number of allylic oxidation sites excluding steroid dienone is 1. The van der Waals surface area contributed by atoms with Crippen LogP contribution in [0.25, 0.3) is 17.2 Å². The van der Waals surface area contributed by atoms with E-state index in [9.17, 15) is 0 Å². The van der Waals surface area contributed by atoms with Crippen LogP contribution in [0.1, 0.15) is 19.4 Å². The smallest absolute Gasteiger partial charge is 0.115 e. The highest BCUT2D eigenvalue weighted by Crippen LogP contribution is 2.18. The first-order valence-electron chi connectivity index (χ1n) is 5.26. The zero-order valence-corrected chi connectivity index (χ0v) is 9.51. The first-order valence-corrected chi connectivity index (χ1v) is 5.26. The standard InChI is InChI=1S/C14H14N2/c1-11(2)7-12-3-5-13(6-4-12)14-8-15-10-16-9-14/h3-10H,1-2H3. The van der Waals surface area contributed by atoms with Gasteiger partial charge in [0, 0.05) is 18.0 Å². The molecule has 2 heteroatoms. The first kappa shape index (κ1) is 10.6. The van der Waals surface area contributed by atoms with Crippen molar-refractivity contribution in [1.29, 1.82) is 0 Å². The Morgan fingerprint density at radius 1 is 0.938 bits per heavy atom. The van der Waals surface area contributed by atoms with Crippen LogP contribution in [0.3, 0.4) is 0 Å². The molecule has 1 heterocycles. The van der Waals surface area contributed by atoms with Crippen LogP contribution in [0.5, 0.6) is 0 Å². The number of nitrogens with zero attached hydrogens (tertiary/aromatic N) is 2. The topological polar surface area (TPSA) is 25.8 Å². The molecular formula is C14H14N2. The molecule has 0 amide bonds. The van der Waals surface area contributed by atoms with Gasteiger partial charge >= 0.3 is 0 Å². The van der Waals surface area contributed by atoms with Crippen LogP contribution < -0.4 is 0 Å². The van der Waals surface area contributed by atoms with E-state index in [-0.39, 0.29) is 0 Å². The Morgan fingerprint density at radius 2 is 1.56 bits per heavy atom. The number of hydrogen-bond donors (Lipinski definition) is 0. The van der Waals surface area contributed by atoms with Crippen molar-refractivity contribution >= 4 is 6.08 Å². The summed E-state index contributed by atoms with van der Waals surface area (Å²) in [7, 11) is 0. The zero-order chi connectivity index (χ0) is 11.4. The lowest BCUT2D eigenvalue weighted by atomic mass is 10.1. The third kappa shape index (κ3) is 2.54. The Morgan fingerprint density at radius 3 is 2.12 bits per heavy atom. The molecule has 1 aromatic carbocycles. The molecule has 0 N–H and O–H groups in total. The van der Waals surface area contributed by atoms with Gasteiger partial charge in [-0.05, 0) is 25.0 Å². The summed E-state index contributed by atoms with van der Waals surface area (Å²) in [4.78, 5) is 8.02. The van der Waals surface area contributed by atoms with Gasteiger partial charge in [0.2, 0.25) is 0 Å². The van der Waals surface area contributed by atoms with Crippen molar-refractivity contribution in [3.63, 3.8) is 0 Å². The third-order valence-corrected chi connectivity index (χ3v) is 2.26. The highest BCUT2D eigenvalue weighted by Gasteiger charge is 1.96. The second-order valence-electron chi connectivity index (χ2n) is 3.97. The van der Waals surface area contributed by atoms with Crippen molar-refractivity contribution in [2.45, 2.75) is 13.8 Å². The second kappa shape index (κ2) is 4.71. The highest BCUT2D eigenvalue weighted by molar-refractivity contribution is 5.64. The van der Waals surface area contributed by atoms with Crippen molar-refractivity contribution in [3.8, 4) is 11.1 Å². The van der Waals surface area contributed by atoms with E-state index >= 15 is 0 Å². The van der Waals surface area contributed by atoms with E-state index in [4.69, 9.17) is 0 Å². The maximum atomic E-state index is 4.01. The maximum Gasteiger partial charge on any atom is 0.115 e. The number of rotatable bonds is 2. The van der Waals surface area contributed by atoms with Crippen molar-refractivity contribution < 1.29 is 0 Å². The largest absolute Gasteiger partial charge is 0.244 e. The fourth-order valence-electron chi connectivity index (χ4n) is 1.55. The van der Waals surface area contributed by atoms with E-state index < -0.39 is 0 Å². The molecule has 1 aromatic heterocycles. The first-order chi connectivity index (χ1) is 7.75. The molecule has 0 spiro atoms. The number of hydrogen-bond acceptors (Lipinski definition) is 2. The van der Waals surface area contributed by atoms with Gasteiger partial charge in [-0.1, -0.05) is 35.9 Å². The fraction of sp³-hybridized carbons (Fsp3) is 0.143. The molecule has 0 saturated carbocycles. The molecule has 0 saturated heterocycles. The highest BCUT2D eigenvalue weighted by atomic mass is 14.8. The SMILES string of the molecule is CC(C)=Cc1ccc(-c2cncnc2)cc1. The summed E-state index contributed by atoms with van der Waals surface area (Å²) in [6.45, 7) is 4.19. The number of aromatic nitrogens is 2. The normalized spacial score (nSPS) is 9.88. The van der Waals surface area contributed by atoms with Crippen molar-refractivity contribution in [3.05, 3.63) is 54.1 Å². The predicted octanol–water partition coefficient (Wildman–Crippen LogP) is 3.57. The predicted molar refractivity (Wildman–Crippen MR) is 66.8 cm³/mol. The van der Waals surface area contributed by atoms with E-state index in [0.717, 1.165) is 11.1 Å². The second-order valence-corrected chi connectivity index (χ2v) is 3.97. The Balaban J connectivity index is 2.30. The molecule has 0 unspecified atom stereocenters. The Kier molecular flexibility index (Phi) is 3.10. The fourth-order valence-corrected chi connectivity index (χ4v) is 1.55.